The van der Waals surface area contributed by atoms with Crippen LogP contribution >= 0.6 is 0 Å². The third kappa shape index (κ3) is 4.59. The van der Waals surface area contributed by atoms with Crippen molar-refractivity contribution in [2.45, 2.75) is 0 Å². The molecule has 4 aromatic carbocycles. The second-order valence-electron chi connectivity index (χ2n) is 6.57. The molecular formula is C25H20N2O3. The minimum Gasteiger partial charge on any atom is -0.457 e. The van der Waals surface area contributed by atoms with Crippen LogP contribution in [-0.4, -0.2) is 6.29 Å². The molecule has 0 atom stereocenters. The number of hydrogen-bond donors (Lipinski definition) is 2. The van der Waals surface area contributed by atoms with E-state index in [1.165, 1.54) is 0 Å². The summed E-state index contributed by atoms with van der Waals surface area (Å²) in [6, 6.07) is 29.5. The van der Waals surface area contributed by atoms with Gasteiger partial charge in [0, 0.05) is 11.4 Å². The van der Waals surface area contributed by atoms with Crippen LogP contribution in [0.25, 0.3) is 0 Å². The number of rotatable bonds is 7. The molecule has 0 aliphatic heterocycles. The average molecular weight is 396 g/mol. The van der Waals surface area contributed by atoms with Gasteiger partial charge in [-0.1, -0.05) is 24.3 Å². The molecule has 0 bridgehead atoms. The zero-order valence-corrected chi connectivity index (χ0v) is 16.1. The smallest absolute Gasteiger partial charge is 0.153 e. The number of nitrogens with one attached hydrogen (secondary N) is 1. The Morgan fingerprint density at radius 3 is 1.97 bits per heavy atom. The van der Waals surface area contributed by atoms with Crippen molar-refractivity contribution in [2.24, 2.45) is 0 Å². The first-order valence-corrected chi connectivity index (χ1v) is 9.43. The largest absolute Gasteiger partial charge is 0.457 e. The molecule has 4 aromatic rings. The molecule has 5 nitrogen and oxygen atoms in total. The van der Waals surface area contributed by atoms with Crippen molar-refractivity contribution in [1.29, 1.82) is 0 Å². The number of anilines is 3. The maximum Gasteiger partial charge on any atom is 0.153 e. The van der Waals surface area contributed by atoms with Gasteiger partial charge in [-0.3, -0.25) is 4.79 Å². The van der Waals surface area contributed by atoms with Crippen LogP contribution in [0.1, 0.15) is 10.4 Å². The van der Waals surface area contributed by atoms with Crippen molar-refractivity contribution in [1.82, 2.24) is 0 Å². The molecule has 0 saturated carbocycles. The topological polar surface area (TPSA) is 73.6 Å². The highest BCUT2D eigenvalue weighted by Crippen LogP contribution is 2.33. The molecule has 0 aliphatic carbocycles. The van der Waals surface area contributed by atoms with Crippen molar-refractivity contribution in [3.63, 3.8) is 0 Å². The third-order valence-electron chi connectivity index (χ3n) is 4.40. The Bertz CT molecular complexity index is 1140. The number of benzene rings is 4. The maximum atomic E-state index is 11.3. The quantitative estimate of drug-likeness (QED) is 0.279. The molecule has 0 amide bonds. The van der Waals surface area contributed by atoms with Crippen LogP contribution in [-0.2, 0) is 0 Å². The lowest BCUT2D eigenvalue weighted by Crippen LogP contribution is -1.96. The van der Waals surface area contributed by atoms with Gasteiger partial charge in [-0.15, -0.1) is 0 Å². The fraction of sp³-hybridized carbons (Fsp3) is 0. The molecule has 4 rings (SSSR count). The highest BCUT2D eigenvalue weighted by atomic mass is 16.5. The molecule has 148 valence electrons. The standard InChI is InChI=1S/C25H20N2O3/c26-19-9-13-21(14-10-19)29-22-15-11-20(12-16-22)27-23-6-2-4-8-25(23)30-24-7-3-1-5-18(24)17-28/h1-17,27H,26H2. The fourth-order valence-electron chi connectivity index (χ4n) is 2.88. The highest BCUT2D eigenvalue weighted by molar-refractivity contribution is 5.79. The number of carbonyl (C=O) groups excluding carboxylic acids is 1. The molecule has 5 heteroatoms. The van der Waals surface area contributed by atoms with Gasteiger partial charge in [-0.05, 0) is 72.8 Å². The number of nitrogen functional groups attached to an aromatic ring is 1. The van der Waals surface area contributed by atoms with Crippen molar-refractivity contribution < 1.29 is 14.3 Å². The number of para-hydroxylation sites is 3. The number of hydrogen-bond acceptors (Lipinski definition) is 5. The minimum absolute atomic E-state index is 0.497. The molecule has 0 aromatic heterocycles. The second-order valence-corrected chi connectivity index (χ2v) is 6.57. The van der Waals surface area contributed by atoms with Gasteiger partial charge < -0.3 is 20.5 Å². The number of nitrogens with two attached hydrogens (primary N) is 1. The SMILES string of the molecule is Nc1ccc(Oc2ccc(Nc3ccccc3Oc3ccccc3C=O)cc2)cc1. The van der Waals surface area contributed by atoms with Gasteiger partial charge in [-0.25, -0.2) is 0 Å². The summed E-state index contributed by atoms with van der Waals surface area (Å²) in [4.78, 5) is 11.3. The lowest BCUT2D eigenvalue weighted by atomic mass is 10.2. The highest BCUT2D eigenvalue weighted by Gasteiger charge is 2.08. The lowest BCUT2D eigenvalue weighted by Gasteiger charge is -2.14. The Morgan fingerprint density at radius 1 is 0.667 bits per heavy atom. The summed E-state index contributed by atoms with van der Waals surface area (Å²) >= 11 is 0. The van der Waals surface area contributed by atoms with E-state index in [4.69, 9.17) is 15.2 Å². The van der Waals surface area contributed by atoms with E-state index in [1.54, 1.807) is 30.3 Å². The molecule has 0 heterocycles. The molecular weight excluding hydrogens is 376 g/mol. The zero-order chi connectivity index (χ0) is 20.8. The zero-order valence-electron chi connectivity index (χ0n) is 16.1. The first-order valence-electron chi connectivity index (χ1n) is 9.43. The number of aldehydes is 1. The summed E-state index contributed by atoms with van der Waals surface area (Å²) in [6.45, 7) is 0. The van der Waals surface area contributed by atoms with Crippen molar-refractivity contribution in [3.8, 4) is 23.0 Å². The summed E-state index contributed by atoms with van der Waals surface area (Å²) < 4.78 is 11.8. The molecule has 0 aliphatic rings. The Morgan fingerprint density at radius 2 is 1.27 bits per heavy atom. The van der Waals surface area contributed by atoms with Crippen LogP contribution in [0.5, 0.6) is 23.0 Å². The predicted octanol–water partition coefficient (Wildman–Crippen LogP) is 6.41. The van der Waals surface area contributed by atoms with E-state index in [2.05, 4.69) is 5.32 Å². The average Bonchev–Trinajstić information content (AvgIpc) is 2.78. The monoisotopic (exact) mass is 396 g/mol. The molecule has 0 fully saturated rings. The van der Waals surface area contributed by atoms with Crippen LogP contribution in [0.4, 0.5) is 17.1 Å². The van der Waals surface area contributed by atoms with Crippen molar-refractivity contribution >= 4 is 23.3 Å². The fourth-order valence-corrected chi connectivity index (χ4v) is 2.88. The predicted molar refractivity (Wildman–Crippen MR) is 119 cm³/mol. The molecule has 30 heavy (non-hydrogen) atoms. The van der Waals surface area contributed by atoms with Gasteiger partial charge in [0.2, 0.25) is 0 Å². The summed E-state index contributed by atoms with van der Waals surface area (Å²) in [5, 5.41) is 3.34. The van der Waals surface area contributed by atoms with Crippen LogP contribution in [0.2, 0.25) is 0 Å². The van der Waals surface area contributed by atoms with Crippen LogP contribution in [0, 0.1) is 0 Å². The summed E-state index contributed by atoms with van der Waals surface area (Å²) in [7, 11) is 0. The maximum absolute atomic E-state index is 11.3. The Kier molecular flexibility index (Phi) is 5.62. The van der Waals surface area contributed by atoms with Gasteiger partial charge in [0.25, 0.3) is 0 Å². The molecule has 0 unspecified atom stereocenters. The van der Waals surface area contributed by atoms with Crippen molar-refractivity contribution in [2.75, 3.05) is 11.1 Å². The summed E-state index contributed by atoms with van der Waals surface area (Å²) in [5.41, 5.74) is 8.55. The lowest BCUT2D eigenvalue weighted by molar-refractivity contribution is 0.112. The van der Waals surface area contributed by atoms with Gasteiger partial charge in [0.15, 0.2) is 12.0 Å². The second kappa shape index (κ2) is 8.84. The first kappa shape index (κ1) is 19.1. The van der Waals surface area contributed by atoms with Crippen LogP contribution < -0.4 is 20.5 Å². The minimum atomic E-state index is 0.497. The third-order valence-corrected chi connectivity index (χ3v) is 4.40. The molecule has 0 spiro atoms. The van der Waals surface area contributed by atoms with E-state index >= 15 is 0 Å². The van der Waals surface area contributed by atoms with Crippen LogP contribution in [0.15, 0.2) is 97.1 Å². The van der Waals surface area contributed by atoms with Gasteiger partial charge in [-0.2, -0.15) is 0 Å². The van der Waals surface area contributed by atoms with Gasteiger partial charge in [0.1, 0.15) is 17.2 Å². The van der Waals surface area contributed by atoms with E-state index in [-0.39, 0.29) is 0 Å². The molecule has 0 radical (unpaired) electrons. The van der Waals surface area contributed by atoms with Crippen molar-refractivity contribution in [3.05, 3.63) is 103 Å². The molecule has 0 saturated heterocycles. The number of carbonyl (C=O) groups is 1. The van der Waals surface area contributed by atoms with Gasteiger partial charge in [0.05, 0.1) is 11.3 Å². The van der Waals surface area contributed by atoms with E-state index in [0.717, 1.165) is 29.2 Å². The Hall–Kier alpha value is -4.25. The first-order chi connectivity index (χ1) is 14.7. The summed E-state index contributed by atoms with van der Waals surface area (Å²) in [6.07, 6.45) is 0.783. The Balaban J connectivity index is 1.49. The number of ether oxygens (including phenoxy) is 2. The normalized spacial score (nSPS) is 10.3. The van der Waals surface area contributed by atoms with E-state index < -0.39 is 0 Å². The van der Waals surface area contributed by atoms with E-state index in [1.807, 2.05) is 66.7 Å². The van der Waals surface area contributed by atoms with E-state index in [0.29, 0.717) is 22.7 Å². The van der Waals surface area contributed by atoms with Gasteiger partial charge >= 0.3 is 0 Å². The van der Waals surface area contributed by atoms with Crippen LogP contribution in [0.3, 0.4) is 0 Å². The van der Waals surface area contributed by atoms with E-state index in [9.17, 15) is 4.79 Å². The Labute approximate surface area is 174 Å². The molecule has 3 N–H and O–H groups in total. The summed E-state index contributed by atoms with van der Waals surface area (Å²) in [5.74, 6) is 2.57.